The van der Waals surface area contributed by atoms with E-state index in [-0.39, 0.29) is 12.2 Å². The molecule has 0 unspecified atom stereocenters. The molecule has 74 valence electrons. The van der Waals surface area contributed by atoms with Crippen LogP contribution >= 0.6 is 0 Å². The molecule has 2 aromatic heterocycles. The van der Waals surface area contributed by atoms with Crippen LogP contribution in [0.3, 0.4) is 0 Å². The molecule has 0 fully saturated rings. The van der Waals surface area contributed by atoms with Gasteiger partial charge >= 0.3 is 5.69 Å². The molecule has 0 aromatic carbocycles. The molecule has 0 amide bonds. The zero-order chi connectivity index (χ0) is 10.3. The van der Waals surface area contributed by atoms with Gasteiger partial charge in [-0.2, -0.15) is 0 Å². The summed E-state index contributed by atoms with van der Waals surface area (Å²) < 4.78 is 2.22. The first-order valence-corrected chi connectivity index (χ1v) is 3.99. The number of aromatic amines is 1. The molecule has 0 spiro atoms. The Morgan fingerprint density at radius 3 is 2.93 bits per heavy atom. The highest BCUT2D eigenvalue weighted by Crippen LogP contribution is 1.97. The molecule has 14 heavy (non-hydrogen) atoms. The van der Waals surface area contributed by atoms with Crippen molar-refractivity contribution in [3.05, 3.63) is 27.2 Å². The Hall–Kier alpha value is -1.89. The van der Waals surface area contributed by atoms with E-state index in [1.165, 1.54) is 17.9 Å². The van der Waals surface area contributed by atoms with E-state index in [0.29, 0.717) is 5.65 Å². The summed E-state index contributed by atoms with van der Waals surface area (Å²) in [4.78, 5) is 29.7. The second kappa shape index (κ2) is 2.81. The van der Waals surface area contributed by atoms with Crippen molar-refractivity contribution in [3.63, 3.8) is 0 Å². The number of nitrogens with zero attached hydrogens (tertiary/aromatic N) is 3. The third kappa shape index (κ3) is 0.925. The Kier molecular flexibility index (Phi) is 1.74. The van der Waals surface area contributed by atoms with E-state index >= 15 is 0 Å². The fraction of sp³-hybridized carbons (Fsp3) is 0.286. The number of aryl methyl sites for hydroxylation is 1. The number of hydrogen-bond acceptors (Lipinski definition) is 4. The number of hydrogen-bond donors (Lipinski definition) is 2. The second-order valence-electron chi connectivity index (χ2n) is 2.86. The van der Waals surface area contributed by atoms with Gasteiger partial charge in [-0.25, -0.2) is 14.3 Å². The maximum absolute atomic E-state index is 11.6. The van der Waals surface area contributed by atoms with Crippen LogP contribution in [-0.2, 0) is 13.7 Å². The first-order valence-electron chi connectivity index (χ1n) is 3.99. The molecule has 0 radical (unpaired) electrons. The summed E-state index contributed by atoms with van der Waals surface area (Å²) in [6, 6.07) is 0. The topological polar surface area (TPSA) is 98.7 Å². The molecule has 7 heteroatoms. The van der Waals surface area contributed by atoms with Gasteiger partial charge < -0.3 is 10.7 Å². The Bertz CT molecular complexity index is 590. The molecule has 0 bridgehead atoms. The van der Waals surface area contributed by atoms with Crippen LogP contribution in [0.4, 0.5) is 0 Å². The first-order chi connectivity index (χ1) is 6.66. The van der Waals surface area contributed by atoms with Crippen molar-refractivity contribution in [1.29, 1.82) is 0 Å². The van der Waals surface area contributed by atoms with Gasteiger partial charge in [-0.05, 0) is 0 Å². The van der Waals surface area contributed by atoms with Gasteiger partial charge in [0.15, 0.2) is 5.65 Å². The maximum atomic E-state index is 11.6. The van der Waals surface area contributed by atoms with Gasteiger partial charge in [0, 0.05) is 7.05 Å². The summed E-state index contributed by atoms with van der Waals surface area (Å²) in [6.07, 6.45) is 1.37. The minimum atomic E-state index is -0.461. The summed E-state index contributed by atoms with van der Waals surface area (Å²) in [5.74, 6) is 0. The number of aromatic nitrogens is 4. The second-order valence-corrected chi connectivity index (χ2v) is 2.86. The number of H-pyrrole nitrogens is 1. The monoisotopic (exact) mass is 195 g/mol. The van der Waals surface area contributed by atoms with E-state index in [1.807, 2.05) is 0 Å². The van der Waals surface area contributed by atoms with Crippen LogP contribution in [0.25, 0.3) is 11.2 Å². The van der Waals surface area contributed by atoms with E-state index in [4.69, 9.17) is 5.73 Å². The van der Waals surface area contributed by atoms with Gasteiger partial charge in [0.05, 0.1) is 13.0 Å². The lowest BCUT2D eigenvalue weighted by atomic mass is 10.5. The zero-order valence-corrected chi connectivity index (χ0v) is 7.52. The Morgan fingerprint density at radius 1 is 1.57 bits per heavy atom. The van der Waals surface area contributed by atoms with Crippen molar-refractivity contribution in [2.24, 2.45) is 12.8 Å². The lowest BCUT2D eigenvalue weighted by Crippen LogP contribution is -2.41. The molecule has 0 saturated carbocycles. The highest BCUT2D eigenvalue weighted by Gasteiger charge is 2.10. The maximum Gasteiger partial charge on any atom is 0.333 e. The number of nitrogens with one attached hydrogen (secondary N) is 1. The molecule has 0 saturated heterocycles. The predicted molar refractivity (Wildman–Crippen MR) is 49.8 cm³/mol. The van der Waals surface area contributed by atoms with E-state index in [2.05, 4.69) is 9.97 Å². The van der Waals surface area contributed by atoms with Crippen LogP contribution in [0.2, 0.25) is 0 Å². The molecular formula is C7H9N5O2. The largest absolute Gasteiger partial charge is 0.339 e. The third-order valence-corrected chi connectivity index (χ3v) is 2.10. The van der Waals surface area contributed by atoms with Crippen molar-refractivity contribution in [2.75, 3.05) is 0 Å². The minimum absolute atomic E-state index is 0.138. The van der Waals surface area contributed by atoms with Crippen molar-refractivity contribution in [2.45, 2.75) is 6.67 Å². The van der Waals surface area contributed by atoms with E-state index in [9.17, 15) is 9.59 Å². The molecule has 3 N–H and O–H groups in total. The molecule has 0 atom stereocenters. The number of nitrogens with two attached hydrogens (primary N) is 1. The highest BCUT2D eigenvalue weighted by atomic mass is 16.2. The number of fused-ring (bicyclic) bond motifs is 1. The van der Waals surface area contributed by atoms with E-state index in [0.717, 1.165) is 4.57 Å². The fourth-order valence-electron chi connectivity index (χ4n) is 1.35. The van der Waals surface area contributed by atoms with Gasteiger partial charge in [-0.3, -0.25) is 9.36 Å². The van der Waals surface area contributed by atoms with Crippen molar-refractivity contribution >= 4 is 11.2 Å². The minimum Gasteiger partial charge on any atom is -0.339 e. The van der Waals surface area contributed by atoms with Crippen LogP contribution in [0.15, 0.2) is 15.9 Å². The van der Waals surface area contributed by atoms with Gasteiger partial charge in [-0.1, -0.05) is 0 Å². The van der Waals surface area contributed by atoms with Gasteiger partial charge in [-0.15, -0.1) is 0 Å². The average Bonchev–Trinajstić information content (AvgIpc) is 2.64. The first kappa shape index (κ1) is 8.70. The van der Waals surface area contributed by atoms with Gasteiger partial charge in [0.1, 0.15) is 5.52 Å². The SMILES string of the molecule is Cn1c(=O)n(CN)c(=O)c2[nH]cnc21. The number of rotatable bonds is 1. The van der Waals surface area contributed by atoms with Gasteiger partial charge in [0.25, 0.3) is 5.56 Å². The molecule has 2 rings (SSSR count). The molecule has 0 aliphatic rings. The van der Waals surface area contributed by atoms with E-state index in [1.54, 1.807) is 0 Å². The number of imidazole rings is 1. The summed E-state index contributed by atoms with van der Waals surface area (Å²) in [6.45, 7) is -0.138. The fourth-order valence-corrected chi connectivity index (χ4v) is 1.35. The Balaban J connectivity index is 3.10. The van der Waals surface area contributed by atoms with Crippen LogP contribution in [0.1, 0.15) is 0 Å². The van der Waals surface area contributed by atoms with Crippen LogP contribution in [-0.4, -0.2) is 19.1 Å². The molecular weight excluding hydrogens is 186 g/mol. The van der Waals surface area contributed by atoms with Crippen LogP contribution < -0.4 is 17.0 Å². The van der Waals surface area contributed by atoms with Crippen molar-refractivity contribution in [3.8, 4) is 0 Å². The molecule has 0 aliphatic heterocycles. The average molecular weight is 195 g/mol. The standard InChI is InChI=1S/C7H9N5O2/c1-11-5-4(9-3-10-5)6(13)12(2-8)7(11)14/h3H,2,8H2,1H3,(H,9,10). The van der Waals surface area contributed by atoms with Crippen LogP contribution in [0.5, 0.6) is 0 Å². The Labute approximate surface area is 77.8 Å². The lowest BCUT2D eigenvalue weighted by molar-refractivity contribution is 0.621. The zero-order valence-electron chi connectivity index (χ0n) is 7.52. The molecule has 0 aliphatic carbocycles. The smallest absolute Gasteiger partial charge is 0.333 e. The molecule has 2 heterocycles. The van der Waals surface area contributed by atoms with Crippen LogP contribution in [0, 0.1) is 0 Å². The summed E-state index contributed by atoms with van der Waals surface area (Å²) in [7, 11) is 1.54. The predicted octanol–water partition coefficient (Wildman–Crippen LogP) is -1.66. The quantitative estimate of drug-likeness (QED) is 0.568. The molecule has 2 aromatic rings. The normalized spacial score (nSPS) is 11.0. The van der Waals surface area contributed by atoms with E-state index < -0.39 is 11.2 Å². The third-order valence-electron chi connectivity index (χ3n) is 2.10. The van der Waals surface area contributed by atoms with Gasteiger partial charge in [0.2, 0.25) is 0 Å². The highest BCUT2D eigenvalue weighted by molar-refractivity contribution is 5.68. The summed E-state index contributed by atoms with van der Waals surface area (Å²) >= 11 is 0. The van der Waals surface area contributed by atoms with Crippen molar-refractivity contribution < 1.29 is 0 Å². The summed E-state index contributed by atoms with van der Waals surface area (Å²) in [5, 5.41) is 0. The Morgan fingerprint density at radius 2 is 2.29 bits per heavy atom. The molecule has 7 nitrogen and oxygen atoms in total. The lowest BCUT2D eigenvalue weighted by Gasteiger charge is -2.03. The summed E-state index contributed by atoms with van der Waals surface area (Å²) in [5.41, 5.74) is 5.02. The van der Waals surface area contributed by atoms with Crippen molar-refractivity contribution in [1.82, 2.24) is 19.1 Å².